The van der Waals surface area contributed by atoms with Crippen LogP contribution in [0.25, 0.3) is 45.3 Å². The van der Waals surface area contributed by atoms with E-state index in [9.17, 15) is 9.59 Å². The van der Waals surface area contributed by atoms with E-state index in [1.807, 2.05) is 93.0 Å². The lowest BCUT2D eigenvalue weighted by Gasteiger charge is -2.10. The average molecular weight is 474 g/mol. The second kappa shape index (κ2) is 8.39. The highest BCUT2D eigenvalue weighted by Gasteiger charge is 2.22. The highest BCUT2D eigenvalue weighted by molar-refractivity contribution is 5.91. The predicted octanol–water partition coefficient (Wildman–Crippen LogP) is 4.84. The fraction of sp³-hybridized carbons (Fsp3) is 0.0690. The number of aromatic nitrogens is 5. The molecule has 176 valence electrons. The lowest BCUT2D eigenvalue weighted by atomic mass is 10.1. The van der Waals surface area contributed by atoms with Gasteiger partial charge in [0.15, 0.2) is 0 Å². The molecule has 0 fully saturated rings. The third-order valence-electron chi connectivity index (χ3n) is 6.58. The summed E-state index contributed by atoms with van der Waals surface area (Å²) < 4.78 is 4.77. The van der Waals surface area contributed by atoms with Crippen molar-refractivity contribution in [2.45, 2.75) is 6.92 Å². The summed E-state index contributed by atoms with van der Waals surface area (Å²) in [5.41, 5.74) is 3.64. The fourth-order valence-electron chi connectivity index (χ4n) is 4.69. The number of benzene rings is 3. The van der Waals surface area contributed by atoms with Crippen molar-refractivity contribution in [2.24, 2.45) is 7.05 Å². The Balaban J connectivity index is 1.63. The van der Waals surface area contributed by atoms with Gasteiger partial charge in [-0.05, 0) is 55.0 Å². The van der Waals surface area contributed by atoms with Crippen LogP contribution in [0.3, 0.4) is 0 Å². The van der Waals surface area contributed by atoms with E-state index in [1.165, 1.54) is 4.57 Å². The fourth-order valence-corrected chi connectivity index (χ4v) is 4.69. The van der Waals surface area contributed by atoms with Crippen LogP contribution >= 0.6 is 0 Å². The molecule has 0 amide bonds. The first-order chi connectivity index (χ1) is 17.5. The molecule has 0 saturated carbocycles. The van der Waals surface area contributed by atoms with Crippen LogP contribution in [0.5, 0.6) is 0 Å². The minimum atomic E-state index is -0.290. The molecule has 0 aliphatic carbocycles. The highest BCUT2D eigenvalue weighted by Crippen LogP contribution is 2.21. The van der Waals surface area contributed by atoms with Gasteiger partial charge in [-0.3, -0.25) is 18.8 Å². The molecule has 0 atom stereocenters. The van der Waals surface area contributed by atoms with Gasteiger partial charge in [-0.25, -0.2) is 9.67 Å². The second-order valence-corrected chi connectivity index (χ2v) is 8.66. The maximum absolute atomic E-state index is 13.8. The monoisotopic (exact) mass is 473 g/mol. The number of hydrogen-bond acceptors (Lipinski definition) is 3. The molecule has 0 bridgehead atoms. The van der Waals surface area contributed by atoms with E-state index >= 15 is 0 Å². The van der Waals surface area contributed by atoms with Gasteiger partial charge < -0.3 is 4.98 Å². The third-order valence-corrected chi connectivity index (χ3v) is 6.58. The summed E-state index contributed by atoms with van der Waals surface area (Å²) in [6.07, 6.45) is 5.63. The van der Waals surface area contributed by atoms with Crippen molar-refractivity contribution in [3.63, 3.8) is 0 Å². The number of para-hydroxylation sites is 3. The van der Waals surface area contributed by atoms with E-state index in [1.54, 1.807) is 27.6 Å². The largest absolute Gasteiger partial charge is 0.361 e. The van der Waals surface area contributed by atoms with Gasteiger partial charge in [0.1, 0.15) is 11.5 Å². The number of fused-ring (bicyclic) bond motifs is 2. The lowest BCUT2D eigenvalue weighted by molar-refractivity contribution is 0.630. The van der Waals surface area contributed by atoms with E-state index in [0.29, 0.717) is 22.4 Å². The molecule has 0 aliphatic rings. The van der Waals surface area contributed by atoms with Crippen LogP contribution in [-0.4, -0.2) is 23.9 Å². The van der Waals surface area contributed by atoms with Crippen molar-refractivity contribution in [3.05, 3.63) is 123 Å². The Morgan fingerprint density at radius 1 is 0.806 bits per heavy atom. The molecular weight excluding hydrogens is 450 g/mol. The van der Waals surface area contributed by atoms with Gasteiger partial charge in [0.2, 0.25) is 0 Å². The van der Waals surface area contributed by atoms with E-state index in [-0.39, 0.29) is 16.8 Å². The normalized spacial score (nSPS) is 11.7. The van der Waals surface area contributed by atoms with E-state index in [4.69, 9.17) is 4.98 Å². The Morgan fingerprint density at radius 2 is 1.50 bits per heavy atom. The predicted molar refractivity (Wildman–Crippen MR) is 144 cm³/mol. The summed E-state index contributed by atoms with van der Waals surface area (Å²) in [6.45, 7) is 1.84. The number of aromatic amines is 1. The van der Waals surface area contributed by atoms with Gasteiger partial charge in [0.25, 0.3) is 11.1 Å². The molecule has 3 aromatic carbocycles. The molecule has 0 saturated heterocycles. The van der Waals surface area contributed by atoms with Crippen LogP contribution < -0.4 is 11.1 Å². The van der Waals surface area contributed by atoms with Crippen LogP contribution in [0.15, 0.2) is 94.6 Å². The smallest absolute Gasteiger partial charge is 0.296 e. The molecule has 1 N–H and O–H groups in total. The number of hydrogen-bond donors (Lipinski definition) is 1. The summed E-state index contributed by atoms with van der Waals surface area (Å²) in [6, 6.07) is 24.6. The Morgan fingerprint density at radius 3 is 2.31 bits per heavy atom. The molecule has 3 heterocycles. The molecule has 6 rings (SSSR count). The van der Waals surface area contributed by atoms with Crippen molar-refractivity contribution in [1.29, 1.82) is 0 Å². The SMILES string of the molecule is Cc1c(-n2c(C=Cc3c[nH]c4ccccc34)nc3ccccc3c2=O)c(=O)n(-c2ccccc2)n1C. The molecule has 7 nitrogen and oxygen atoms in total. The zero-order valence-corrected chi connectivity index (χ0v) is 19.8. The van der Waals surface area contributed by atoms with Crippen LogP contribution in [-0.2, 0) is 7.05 Å². The molecule has 0 radical (unpaired) electrons. The molecule has 0 aliphatic heterocycles. The molecule has 6 aromatic rings. The lowest BCUT2D eigenvalue weighted by Crippen LogP contribution is -2.28. The van der Waals surface area contributed by atoms with Crippen molar-refractivity contribution in [2.75, 3.05) is 0 Å². The molecule has 0 unspecified atom stereocenters. The van der Waals surface area contributed by atoms with Crippen LogP contribution in [0.1, 0.15) is 17.1 Å². The molecular formula is C29H23N5O2. The first kappa shape index (κ1) is 21.6. The number of H-pyrrole nitrogens is 1. The van der Waals surface area contributed by atoms with Gasteiger partial charge >= 0.3 is 0 Å². The Kier molecular flexibility index (Phi) is 5.04. The molecule has 0 spiro atoms. The van der Waals surface area contributed by atoms with E-state index in [0.717, 1.165) is 22.2 Å². The molecule has 3 aromatic heterocycles. The number of nitrogens with zero attached hydrogens (tertiary/aromatic N) is 4. The summed E-state index contributed by atoms with van der Waals surface area (Å²) in [5.74, 6) is 0.384. The van der Waals surface area contributed by atoms with Crippen molar-refractivity contribution >= 4 is 34.0 Å². The number of nitrogens with one attached hydrogen (secondary N) is 1. The topological polar surface area (TPSA) is 77.6 Å². The Bertz CT molecular complexity index is 1900. The summed E-state index contributed by atoms with van der Waals surface area (Å²) in [5, 5.41) is 1.52. The Labute approximate surface area is 206 Å². The van der Waals surface area contributed by atoms with Crippen LogP contribution in [0, 0.1) is 6.92 Å². The van der Waals surface area contributed by atoms with Gasteiger partial charge in [-0.15, -0.1) is 0 Å². The third kappa shape index (κ3) is 3.32. The van der Waals surface area contributed by atoms with E-state index in [2.05, 4.69) is 4.98 Å². The molecule has 36 heavy (non-hydrogen) atoms. The van der Waals surface area contributed by atoms with Crippen molar-refractivity contribution < 1.29 is 0 Å². The van der Waals surface area contributed by atoms with Gasteiger partial charge in [0, 0.05) is 24.1 Å². The van der Waals surface area contributed by atoms with Crippen LogP contribution in [0.2, 0.25) is 0 Å². The van der Waals surface area contributed by atoms with Crippen LogP contribution in [0.4, 0.5) is 0 Å². The van der Waals surface area contributed by atoms with Crippen molar-refractivity contribution in [1.82, 2.24) is 23.9 Å². The summed E-state index contributed by atoms with van der Waals surface area (Å²) in [4.78, 5) is 35.7. The van der Waals surface area contributed by atoms with Crippen molar-refractivity contribution in [3.8, 4) is 11.4 Å². The summed E-state index contributed by atoms with van der Waals surface area (Å²) >= 11 is 0. The van der Waals surface area contributed by atoms with Gasteiger partial charge in [-0.1, -0.05) is 48.5 Å². The second-order valence-electron chi connectivity index (χ2n) is 8.66. The zero-order chi connectivity index (χ0) is 24.8. The molecule has 7 heteroatoms. The maximum atomic E-state index is 13.8. The Hall–Kier alpha value is -4.91. The standard InChI is InChI=1S/C29H23N5O2/c1-19-27(29(36)34(32(19)2)21-10-4-3-5-11-21)33-26(31-25-15-9-7-13-23(25)28(33)35)17-16-20-18-30-24-14-8-6-12-22(20)24/h3-18,30H,1-2H3. The minimum absolute atomic E-state index is 0.281. The highest BCUT2D eigenvalue weighted by atomic mass is 16.1. The quantitative estimate of drug-likeness (QED) is 0.398. The zero-order valence-electron chi connectivity index (χ0n) is 19.8. The van der Waals surface area contributed by atoms with E-state index < -0.39 is 0 Å². The maximum Gasteiger partial charge on any atom is 0.296 e. The first-order valence-electron chi connectivity index (χ1n) is 11.6. The van der Waals surface area contributed by atoms with Gasteiger partial charge in [-0.2, -0.15) is 0 Å². The number of rotatable bonds is 4. The average Bonchev–Trinajstić information content (AvgIpc) is 3.41. The van der Waals surface area contributed by atoms with Gasteiger partial charge in [0.05, 0.1) is 22.3 Å². The first-order valence-corrected chi connectivity index (χ1v) is 11.6. The summed E-state index contributed by atoms with van der Waals surface area (Å²) in [7, 11) is 1.81. The minimum Gasteiger partial charge on any atom is -0.361 e.